The van der Waals surface area contributed by atoms with Gasteiger partial charge in [0.2, 0.25) is 0 Å². The molecule has 2 nitrogen and oxygen atoms in total. The van der Waals surface area contributed by atoms with Gasteiger partial charge in [-0.3, -0.25) is 4.99 Å². The highest BCUT2D eigenvalue weighted by Gasteiger charge is 2.33. The van der Waals surface area contributed by atoms with Crippen molar-refractivity contribution in [3.05, 3.63) is 59.2 Å². The van der Waals surface area contributed by atoms with Crippen LogP contribution in [0.25, 0.3) is 0 Å². The molecule has 0 aliphatic heterocycles. The van der Waals surface area contributed by atoms with Gasteiger partial charge in [0.05, 0.1) is 11.3 Å². The predicted molar refractivity (Wildman–Crippen MR) is 93.4 cm³/mol. The fourth-order valence-electron chi connectivity index (χ4n) is 2.55. The van der Waals surface area contributed by atoms with Crippen molar-refractivity contribution in [3.8, 4) is 0 Å². The highest BCUT2D eigenvalue weighted by atomic mass is 19.4. The van der Waals surface area contributed by atoms with Crippen LogP contribution in [0.1, 0.15) is 37.5 Å². The Bertz CT molecular complexity index is 741. The van der Waals surface area contributed by atoms with Gasteiger partial charge in [-0.05, 0) is 23.1 Å². The first-order chi connectivity index (χ1) is 11.1. The molecule has 2 aromatic carbocycles. The molecule has 0 aliphatic carbocycles. The smallest absolute Gasteiger partial charge is 0.387 e. The lowest BCUT2D eigenvalue weighted by Gasteiger charge is -2.24. The van der Waals surface area contributed by atoms with E-state index in [0.717, 1.165) is 22.9 Å². The molecule has 0 amide bonds. The summed E-state index contributed by atoms with van der Waals surface area (Å²) < 4.78 is 39.2. The number of hydrogen-bond donors (Lipinski definition) is 1. The van der Waals surface area contributed by atoms with Gasteiger partial charge in [0.15, 0.2) is 0 Å². The molecule has 0 radical (unpaired) electrons. The lowest BCUT2D eigenvalue weighted by Crippen LogP contribution is -2.15. The van der Waals surface area contributed by atoms with E-state index in [0.29, 0.717) is 0 Å². The van der Waals surface area contributed by atoms with Crippen molar-refractivity contribution in [1.29, 1.82) is 0 Å². The summed E-state index contributed by atoms with van der Waals surface area (Å²) in [6.45, 7) is 6.26. The second-order valence-electron chi connectivity index (χ2n) is 6.54. The van der Waals surface area contributed by atoms with Crippen LogP contribution in [-0.4, -0.2) is 13.3 Å². The molecular formula is C19H21F3N2. The summed E-state index contributed by atoms with van der Waals surface area (Å²) in [7, 11) is 1.80. The van der Waals surface area contributed by atoms with Gasteiger partial charge in [-0.1, -0.05) is 51.1 Å². The lowest BCUT2D eigenvalue weighted by molar-refractivity contribution is -0.137. The molecule has 0 heterocycles. The van der Waals surface area contributed by atoms with Crippen LogP contribution in [0.2, 0.25) is 0 Å². The largest absolute Gasteiger partial charge is 0.418 e. The average Bonchev–Trinajstić information content (AvgIpc) is 2.51. The van der Waals surface area contributed by atoms with Gasteiger partial charge in [0.25, 0.3) is 0 Å². The first-order valence-corrected chi connectivity index (χ1v) is 7.66. The molecule has 2 aromatic rings. The Morgan fingerprint density at radius 3 is 2.12 bits per heavy atom. The summed E-state index contributed by atoms with van der Waals surface area (Å²) in [6, 6.07) is 11.0. The van der Waals surface area contributed by atoms with Crippen LogP contribution in [0.4, 0.5) is 24.5 Å². The Kier molecular flexibility index (Phi) is 5.02. The zero-order valence-corrected chi connectivity index (χ0v) is 14.2. The predicted octanol–water partition coefficient (Wildman–Crippen LogP) is 5.80. The average molecular weight is 334 g/mol. The highest BCUT2D eigenvalue weighted by Crippen LogP contribution is 2.36. The molecule has 0 saturated carbocycles. The first kappa shape index (κ1) is 18.0. The van der Waals surface area contributed by atoms with Crippen molar-refractivity contribution in [2.45, 2.75) is 32.4 Å². The number of para-hydroxylation sites is 2. The quantitative estimate of drug-likeness (QED) is 0.705. The molecular weight excluding hydrogens is 313 g/mol. The minimum atomic E-state index is -4.42. The Balaban J connectivity index is 2.48. The fraction of sp³-hybridized carbons (Fsp3) is 0.316. The zero-order valence-electron chi connectivity index (χ0n) is 14.2. The Hall–Kier alpha value is -2.30. The number of halogens is 3. The normalized spacial score (nSPS) is 12.6. The summed E-state index contributed by atoms with van der Waals surface area (Å²) in [4.78, 5) is 4.09. The molecule has 128 valence electrons. The number of nitrogens with one attached hydrogen (secondary N) is 1. The summed E-state index contributed by atoms with van der Waals surface area (Å²) in [5.41, 5.74) is 1.79. The first-order valence-electron chi connectivity index (χ1n) is 7.66. The third-order valence-corrected chi connectivity index (χ3v) is 3.71. The number of nitrogens with zero attached hydrogens (tertiary/aromatic N) is 1. The zero-order chi connectivity index (χ0) is 18.0. The third-order valence-electron chi connectivity index (χ3n) is 3.71. The Morgan fingerprint density at radius 2 is 1.54 bits per heavy atom. The molecule has 0 aromatic heterocycles. The molecule has 5 heteroatoms. The van der Waals surface area contributed by atoms with Crippen molar-refractivity contribution in [2.24, 2.45) is 4.99 Å². The maximum Gasteiger partial charge on any atom is 0.418 e. The van der Waals surface area contributed by atoms with Crippen LogP contribution in [0, 0.1) is 0 Å². The topological polar surface area (TPSA) is 24.4 Å². The molecule has 1 N–H and O–H groups in total. The minimum Gasteiger partial charge on any atom is -0.387 e. The van der Waals surface area contributed by atoms with Gasteiger partial charge in [0.1, 0.15) is 0 Å². The molecule has 24 heavy (non-hydrogen) atoms. The van der Waals surface area contributed by atoms with Crippen molar-refractivity contribution in [2.75, 3.05) is 12.4 Å². The number of anilines is 1. The van der Waals surface area contributed by atoms with E-state index in [4.69, 9.17) is 0 Å². The number of hydrogen-bond acceptors (Lipinski definition) is 2. The van der Waals surface area contributed by atoms with Gasteiger partial charge < -0.3 is 5.32 Å². The molecule has 0 saturated heterocycles. The second kappa shape index (κ2) is 6.67. The van der Waals surface area contributed by atoms with Crippen LogP contribution < -0.4 is 5.32 Å². The van der Waals surface area contributed by atoms with E-state index < -0.39 is 11.7 Å². The molecule has 0 spiro atoms. The Morgan fingerprint density at radius 1 is 0.917 bits per heavy atom. The lowest BCUT2D eigenvalue weighted by atomic mass is 9.84. The molecule has 0 atom stereocenters. The van der Waals surface area contributed by atoms with Crippen molar-refractivity contribution in [3.63, 3.8) is 0 Å². The maximum absolute atomic E-state index is 13.1. The fourth-order valence-corrected chi connectivity index (χ4v) is 2.55. The number of rotatable bonds is 3. The number of benzene rings is 2. The molecule has 0 unspecified atom stereocenters. The van der Waals surface area contributed by atoms with Gasteiger partial charge in [0, 0.05) is 24.5 Å². The van der Waals surface area contributed by atoms with Gasteiger partial charge in [-0.2, -0.15) is 13.2 Å². The molecule has 0 aliphatic rings. The summed E-state index contributed by atoms with van der Waals surface area (Å²) in [5, 5.41) is 3.14. The minimum absolute atomic E-state index is 0.0896. The van der Waals surface area contributed by atoms with Gasteiger partial charge in [-0.25, -0.2) is 0 Å². The van der Waals surface area contributed by atoms with Crippen LogP contribution in [0.3, 0.4) is 0 Å². The van der Waals surface area contributed by atoms with Crippen molar-refractivity contribution >= 4 is 17.6 Å². The van der Waals surface area contributed by atoms with Crippen molar-refractivity contribution in [1.82, 2.24) is 0 Å². The van der Waals surface area contributed by atoms with E-state index in [1.807, 2.05) is 18.2 Å². The molecule has 0 fully saturated rings. The number of alkyl halides is 3. The summed E-state index contributed by atoms with van der Waals surface area (Å²) in [6.07, 6.45) is -2.95. The number of aliphatic imine (C=N–C) groups is 1. The van der Waals surface area contributed by atoms with E-state index >= 15 is 0 Å². The van der Waals surface area contributed by atoms with E-state index in [1.54, 1.807) is 13.1 Å². The van der Waals surface area contributed by atoms with Crippen molar-refractivity contribution < 1.29 is 13.2 Å². The SMILES string of the molecule is CNc1c(C=Nc2ccccc2C(F)(F)F)cccc1C(C)(C)C. The molecule has 0 bridgehead atoms. The van der Waals surface area contributed by atoms with E-state index in [-0.39, 0.29) is 11.1 Å². The monoisotopic (exact) mass is 334 g/mol. The van der Waals surface area contributed by atoms with E-state index in [2.05, 4.69) is 31.1 Å². The van der Waals surface area contributed by atoms with E-state index in [9.17, 15) is 13.2 Å². The standard InChI is InChI=1S/C19H21F3N2/c1-18(2,3)15-10-7-8-13(17(15)23-4)12-24-16-11-6-5-9-14(16)19(20,21)22/h5-12,23H,1-4H3. The third kappa shape index (κ3) is 3.96. The van der Waals surface area contributed by atoms with E-state index in [1.165, 1.54) is 18.3 Å². The van der Waals surface area contributed by atoms with Gasteiger partial charge >= 0.3 is 6.18 Å². The second-order valence-corrected chi connectivity index (χ2v) is 6.54. The Labute approximate surface area is 140 Å². The maximum atomic E-state index is 13.1. The summed E-state index contributed by atoms with van der Waals surface area (Å²) >= 11 is 0. The van der Waals surface area contributed by atoms with Crippen LogP contribution >= 0.6 is 0 Å². The summed E-state index contributed by atoms with van der Waals surface area (Å²) in [5.74, 6) is 0. The highest BCUT2D eigenvalue weighted by molar-refractivity contribution is 5.90. The van der Waals surface area contributed by atoms with Crippen LogP contribution in [-0.2, 0) is 11.6 Å². The van der Waals surface area contributed by atoms with Crippen LogP contribution in [0.5, 0.6) is 0 Å². The molecule has 2 rings (SSSR count). The van der Waals surface area contributed by atoms with Crippen LogP contribution in [0.15, 0.2) is 47.5 Å². The van der Waals surface area contributed by atoms with Gasteiger partial charge in [-0.15, -0.1) is 0 Å².